The third-order valence-electron chi connectivity index (χ3n) is 5.21. The topological polar surface area (TPSA) is 79.7 Å². The molecule has 1 saturated heterocycles. The maximum absolute atomic E-state index is 14.2. The Kier molecular flexibility index (Phi) is 5.68. The highest BCUT2D eigenvalue weighted by atomic mass is 19.1. The lowest BCUT2D eigenvalue weighted by Gasteiger charge is -2.25. The van der Waals surface area contributed by atoms with Crippen molar-refractivity contribution in [2.75, 3.05) is 7.11 Å². The summed E-state index contributed by atoms with van der Waals surface area (Å²) >= 11 is 0. The number of amides is 1. The van der Waals surface area contributed by atoms with Crippen LogP contribution >= 0.6 is 0 Å². The molecule has 4 rings (SSSR count). The number of benzene rings is 2. The fraction of sp³-hybridized carbons (Fsp3) is 0.125. The van der Waals surface area contributed by atoms with Crippen molar-refractivity contribution < 1.29 is 28.2 Å². The Hall–Kier alpha value is -4.07. The average molecular weight is 436 g/mol. The quantitative estimate of drug-likeness (QED) is 0.372. The second kappa shape index (κ2) is 8.58. The molecule has 162 valence electrons. The SMILES string of the molecule is COc1ccc(C(O)=C2C(=O)C(=O)N(Cc3cccnc3)[C@H]2c2cccc(F)c2)cc1F. The minimum Gasteiger partial charge on any atom is -0.507 e. The Labute approximate surface area is 182 Å². The van der Waals surface area contributed by atoms with Crippen LogP contribution in [0.2, 0.25) is 0 Å². The number of pyridine rings is 1. The first kappa shape index (κ1) is 21.2. The highest BCUT2D eigenvalue weighted by Crippen LogP contribution is 2.40. The van der Waals surface area contributed by atoms with E-state index in [1.54, 1.807) is 30.6 Å². The van der Waals surface area contributed by atoms with Crippen molar-refractivity contribution in [1.82, 2.24) is 9.88 Å². The van der Waals surface area contributed by atoms with E-state index in [4.69, 9.17) is 4.74 Å². The number of carbonyl (C=O) groups excluding carboxylic acids is 2. The van der Waals surface area contributed by atoms with E-state index in [2.05, 4.69) is 4.98 Å². The number of rotatable bonds is 5. The molecule has 0 spiro atoms. The highest BCUT2D eigenvalue weighted by Gasteiger charge is 2.46. The van der Waals surface area contributed by atoms with E-state index in [0.29, 0.717) is 11.1 Å². The van der Waals surface area contributed by atoms with Gasteiger partial charge in [-0.2, -0.15) is 0 Å². The van der Waals surface area contributed by atoms with E-state index >= 15 is 0 Å². The van der Waals surface area contributed by atoms with Crippen LogP contribution in [0.5, 0.6) is 5.75 Å². The standard InChI is InChI=1S/C24H18F2N2O4/c1-32-19-8-7-16(11-18(19)26)22(29)20-21(15-5-2-6-17(25)10-15)28(24(31)23(20)30)13-14-4-3-9-27-12-14/h2-12,21,29H,13H2,1H3/t21-/m0/s1. The van der Waals surface area contributed by atoms with Crippen LogP contribution in [-0.4, -0.2) is 33.8 Å². The van der Waals surface area contributed by atoms with Gasteiger partial charge in [-0.25, -0.2) is 8.78 Å². The summed E-state index contributed by atoms with van der Waals surface area (Å²) in [5.41, 5.74) is 0.674. The number of carbonyl (C=O) groups is 2. The van der Waals surface area contributed by atoms with E-state index in [-0.39, 0.29) is 23.4 Å². The molecule has 1 amide bonds. The summed E-state index contributed by atoms with van der Waals surface area (Å²) in [5, 5.41) is 10.9. The number of Topliss-reactive ketones (excluding diaryl/α,β-unsaturated/α-hetero) is 1. The van der Waals surface area contributed by atoms with Gasteiger partial charge in [-0.1, -0.05) is 18.2 Å². The molecule has 1 aromatic heterocycles. The first-order valence-corrected chi connectivity index (χ1v) is 9.67. The molecule has 1 fully saturated rings. The van der Waals surface area contributed by atoms with Gasteiger partial charge < -0.3 is 14.7 Å². The molecule has 2 aromatic carbocycles. The maximum atomic E-state index is 14.2. The molecule has 1 atom stereocenters. The zero-order chi connectivity index (χ0) is 22.8. The van der Waals surface area contributed by atoms with Gasteiger partial charge in [0.15, 0.2) is 11.6 Å². The molecule has 0 saturated carbocycles. The Balaban J connectivity index is 1.87. The summed E-state index contributed by atoms with van der Waals surface area (Å²) in [5.74, 6) is -3.72. The number of aliphatic hydroxyl groups excluding tert-OH is 1. The molecule has 0 bridgehead atoms. The zero-order valence-corrected chi connectivity index (χ0v) is 17.0. The van der Waals surface area contributed by atoms with Crippen LogP contribution in [0.4, 0.5) is 8.78 Å². The third kappa shape index (κ3) is 3.82. The van der Waals surface area contributed by atoms with Gasteiger partial charge in [-0.05, 0) is 47.5 Å². The molecule has 2 heterocycles. The van der Waals surface area contributed by atoms with Gasteiger partial charge in [0.2, 0.25) is 0 Å². The monoisotopic (exact) mass is 436 g/mol. The molecule has 1 aliphatic heterocycles. The van der Waals surface area contributed by atoms with Crippen LogP contribution in [0.15, 0.2) is 72.6 Å². The number of ether oxygens (including phenoxy) is 1. The van der Waals surface area contributed by atoms with Gasteiger partial charge in [-0.3, -0.25) is 14.6 Å². The predicted molar refractivity (Wildman–Crippen MR) is 111 cm³/mol. The Bertz CT molecular complexity index is 1230. The van der Waals surface area contributed by atoms with Gasteiger partial charge >= 0.3 is 0 Å². The molecular weight excluding hydrogens is 418 g/mol. The summed E-state index contributed by atoms with van der Waals surface area (Å²) in [6, 6.07) is 11.4. The lowest BCUT2D eigenvalue weighted by molar-refractivity contribution is -0.140. The van der Waals surface area contributed by atoms with Crippen molar-refractivity contribution in [3.8, 4) is 5.75 Å². The van der Waals surface area contributed by atoms with Crippen molar-refractivity contribution in [2.24, 2.45) is 0 Å². The molecule has 1 aliphatic rings. The number of aliphatic hydroxyl groups is 1. The number of ketones is 1. The number of likely N-dealkylation sites (tertiary alicyclic amines) is 1. The van der Waals surface area contributed by atoms with Crippen molar-refractivity contribution in [1.29, 1.82) is 0 Å². The average Bonchev–Trinajstić information content (AvgIpc) is 3.04. The normalized spacial score (nSPS) is 17.6. The maximum Gasteiger partial charge on any atom is 0.295 e. The lowest BCUT2D eigenvalue weighted by atomic mass is 9.95. The lowest BCUT2D eigenvalue weighted by Crippen LogP contribution is -2.29. The van der Waals surface area contributed by atoms with Gasteiger partial charge in [-0.15, -0.1) is 0 Å². The number of hydrogen-bond acceptors (Lipinski definition) is 5. The van der Waals surface area contributed by atoms with E-state index in [1.807, 2.05) is 0 Å². The van der Waals surface area contributed by atoms with Crippen molar-refractivity contribution in [2.45, 2.75) is 12.6 Å². The first-order chi connectivity index (χ1) is 15.4. The summed E-state index contributed by atoms with van der Waals surface area (Å²) < 4.78 is 33.1. The van der Waals surface area contributed by atoms with Gasteiger partial charge in [0.05, 0.1) is 18.7 Å². The minimum absolute atomic E-state index is 0.00729. The summed E-state index contributed by atoms with van der Waals surface area (Å²) in [4.78, 5) is 31.1. The molecule has 6 nitrogen and oxygen atoms in total. The summed E-state index contributed by atoms with van der Waals surface area (Å²) in [7, 11) is 1.30. The fourth-order valence-corrected chi connectivity index (χ4v) is 3.72. The zero-order valence-electron chi connectivity index (χ0n) is 17.0. The van der Waals surface area contributed by atoms with Crippen molar-refractivity contribution >= 4 is 17.4 Å². The fourth-order valence-electron chi connectivity index (χ4n) is 3.72. The summed E-state index contributed by atoms with van der Waals surface area (Å²) in [6.07, 6.45) is 3.11. The van der Waals surface area contributed by atoms with E-state index in [1.165, 1.54) is 42.3 Å². The number of halogens is 2. The molecular formula is C24H18F2N2O4. The van der Waals surface area contributed by atoms with Crippen LogP contribution in [0.1, 0.15) is 22.7 Å². The number of methoxy groups -OCH3 is 1. The summed E-state index contributed by atoms with van der Waals surface area (Å²) in [6.45, 7) is 0.00729. The molecule has 0 unspecified atom stereocenters. The van der Waals surface area contributed by atoms with E-state index < -0.39 is 35.1 Å². The second-order valence-corrected chi connectivity index (χ2v) is 7.19. The minimum atomic E-state index is -1.07. The molecule has 0 radical (unpaired) electrons. The molecule has 8 heteroatoms. The Morgan fingerprint density at radius 1 is 1.12 bits per heavy atom. The van der Waals surface area contributed by atoms with Crippen LogP contribution in [0.25, 0.3) is 5.76 Å². The van der Waals surface area contributed by atoms with Gasteiger partial charge in [0, 0.05) is 24.5 Å². The third-order valence-corrected chi connectivity index (χ3v) is 5.21. The first-order valence-electron chi connectivity index (χ1n) is 9.67. The Morgan fingerprint density at radius 2 is 1.94 bits per heavy atom. The van der Waals surface area contributed by atoms with E-state index in [0.717, 1.165) is 6.07 Å². The molecule has 3 aromatic rings. The van der Waals surface area contributed by atoms with E-state index in [9.17, 15) is 23.5 Å². The van der Waals surface area contributed by atoms with Crippen molar-refractivity contribution in [3.63, 3.8) is 0 Å². The smallest absolute Gasteiger partial charge is 0.295 e. The van der Waals surface area contributed by atoms with Crippen LogP contribution in [-0.2, 0) is 16.1 Å². The van der Waals surface area contributed by atoms with Gasteiger partial charge in [0.1, 0.15) is 11.6 Å². The van der Waals surface area contributed by atoms with Crippen LogP contribution in [0, 0.1) is 11.6 Å². The van der Waals surface area contributed by atoms with Gasteiger partial charge in [0.25, 0.3) is 11.7 Å². The van der Waals surface area contributed by atoms with Crippen LogP contribution < -0.4 is 4.74 Å². The Morgan fingerprint density at radius 3 is 2.59 bits per heavy atom. The largest absolute Gasteiger partial charge is 0.507 e. The molecule has 32 heavy (non-hydrogen) atoms. The van der Waals surface area contributed by atoms with Crippen LogP contribution in [0.3, 0.4) is 0 Å². The molecule has 1 N–H and O–H groups in total. The predicted octanol–water partition coefficient (Wildman–Crippen LogP) is 3.99. The number of hydrogen-bond donors (Lipinski definition) is 1. The molecule has 0 aliphatic carbocycles. The number of nitrogens with zero attached hydrogens (tertiary/aromatic N) is 2. The second-order valence-electron chi connectivity index (χ2n) is 7.19. The number of aromatic nitrogens is 1. The highest BCUT2D eigenvalue weighted by molar-refractivity contribution is 6.46. The van der Waals surface area contributed by atoms with Crippen molar-refractivity contribution in [3.05, 3.63) is 101 Å².